The summed E-state index contributed by atoms with van der Waals surface area (Å²) in [4.78, 5) is 12.2. The van der Waals surface area contributed by atoms with Crippen molar-refractivity contribution in [3.05, 3.63) is 65.9 Å². The van der Waals surface area contributed by atoms with E-state index in [4.69, 9.17) is 26.2 Å². The predicted molar refractivity (Wildman–Crippen MR) is 131 cm³/mol. The number of carbonyl (C=O) groups excluding carboxylic acids is 1. The molecular formula is C22H22N4O6S2. The highest BCUT2D eigenvalue weighted by Gasteiger charge is 2.16. The van der Waals surface area contributed by atoms with Crippen LogP contribution >= 0.6 is 12.2 Å². The Hall–Kier alpha value is -3.90. The number of ether oxygens (including phenoxy) is 2. The number of anilines is 2. The maximum absolute atomic E-state index is 12.4. The second kappa shape index (κ2) is 10.8. The van der Waals surface area contributed by atoms with E-state index in [1.165, 1.54) is 50.6 Å². The van der Waals surface area contributed by atoms with Crippen LogP contribution in [0.25, 0.3) is 6.08 Å². The third-order valence-corrected chi connectivity index (χ3v) is 5.94. The Morgan fingerprint density at radius 3 is 2.38 bits per heavy atom. The Kier molecular flexibility index (Phi) is 7.87. The van der Waals surface area contributed by atoms with Gasteiger partial charge in [0.15, 0.2) is 22.4 Å². The Labute approximate surface area is 202 Å². The summed E-state index contributed by atoms with van der Waals surface area (Å²) in [6.45, 7) is 1.65. The third-order valence-electron chi connectivity index (χ3n) is 4.36. The molecule has 0 saturated heterocycles. The van der Waals surface area contributed by atoms with Gasteiger partial charge in [0.2, 0.25) is 5.91 Å². The van der Waals surface area contributed by atoms with Crippen LogP contribution in [0.3, 0.4) is 0 Å². The molecule has 0 spiro atoms. The van der Waals surface area contributed by atoms with E-state index in [0.29, 0.717) is 22.9 Å². The average Bonchev–Trinajstić information content (AvgIpc) is 3.21. The first-order valence-corrected chi connectivity index (χ1v) is 11.7. The number of hydrogen-bond acceptors (Lipinski definition) is 8. The van der Waals surface area contributed by atoms with Gasteiger partial charge in [-0.2, -0.15) is 0 Å². The quantitative estimate of drug-likeness (QED) is 0.313. The highest BCUT2D eigenvalue weighted by Crippen LogP contribution is 2.28. The lowest BCUT2D eigenvalue weighted by Crippen LogP contribution is -2.32. The minimum atomic E-state index is -3.84. The maximum atomic E-state index is 12.4. The summed E-state index contributed by atoms with van der Waals surface area (Å²) in [6.07, 6.45) is 2.92. The molecule has 178 valence electrons. The Balaban J connectivity index is 1.56. The van der Waals surface area contributed by atoms with Gasteiger partial charge in [0.25, 0.3) is 10.0 Å². The van der Waals surface area contributed by atoms with Gasteiger partial charge in [-0.1, -0.05) is 11.2 Å². The maximum Gasteiger partial charge on any atom is 0.263 e. The first kappa shape index (κ1) is 24.7. The summed E-state index contributed by atoms with van der Waals surface area (Å²) in [5.41, 5.74) is 1.23. The molecule has 0 fully saturated rings. The zero-order chi connectivity index (χ0) is 24.7. The number of rotatable bonds is 8. The highest BCUT2D eigenvalue weighted by molar-refractivity contribution is 7.92. The van der Waals surface area contributed by atoms with Gasteiger partial charge >= 0.3 is 0 Å². The van der Waals surface area contributed by atoms with Crippen LogP contribution in [-0.2, 0) is 14.8 Å². The molecule has 2 aromatic carbocycles. The number of nitrogens with one attached hydrogen (secondary N) is 3. The number of aromatic nitrogens is 1. The summed E-state index contributed by atoms with van der Waals surface area (Å²) >= 11 is 5.15. The lowest BCUT2D eigenvalue weighted by Gasteiger charge is -2.10. The molecule has 0 atom stereocenters. The number of aryl methyl sites for hydroxylation is 1. The molecule has 12 heteroatoms. The van der Waals surface area contributed by atoms with Crippen molar-refractivity contribution >= 4 is 50.8 Å². The van der Waals surface area contributed by atoms with Gasteiger partial charge in [-0.05, 0) is 67.2 Å². The van der Waals surface area contributed by atoms with Crippen LogP contribution in [0.15, 0.2) is 64.0 Å². The lowest BCUT2D eigenvalue weighted by atomic mass is 10.2. The first-order chi connectivity index (χ1) is 16.2. The Bertz CT molecular complexity index is 1320. The molecule has 34 heavy (non-hydrogen) atoms. The van der Waals surface area contributed by atoms with Gasteiger partial charge in [0.1, 0.15) is 5.76 Å². The number of carbonyl (C=O) groups is 1. The smallest absolute Gasteiger partial charge is 0.263 e. The molecule has 0 radical (unpaired) electrons. The van der Waals surface area contributed by atoms with Crippen LogP contribution in [-0.4, -0.2) is 38.8 Å². The summed E-state index contributed by atoms with van der Waals surface area (Å²) < 4.78 is 42.5. The Morgan fingerprint density at radius 1 is 1.06 bits per heavy atom. The van der Waals surface area contributed by atoms with Crippen LogP contribution in [0.4, 0.5) is 11.5 Å². The summed E-state index contributed by atoms with van der Waals surface area (Å²) in [7, 11) is -0.771. The zero-order valence-corrected chi connectivity index (χ0v) is 20.1. The second-order valence-corrected chi connectivity index (χ2v) is 8.93. The van der Waals surface area contributed by atoms with Crippen molar-refractivity contribution in [2.24, 2.45) is 0 Å². The Morgan fingerprint density at radius 2 is 1.76 bits per heavy atom. The molecule has 0 aliphatic heterocycles. The topological polar surface area (TPSA) is 132 Å². The summed E-state index contributed by atoms with van der Waals surface area (Å²) in [5, 5.41) is 9.00. The van der Waals surface area contributed by atoms with Crippen molar-refractivity contribution in [1.29, 1.82) is 0 Å². The monoisotopic (exact) mass is 502 g/mol. The second-order valence-electron chi connectivity index (χ2n) is 6.84. The van der Waals surface area contributed by atoms with Crippen molar-refractivity contribution in [1.82, 2.24) is 10.5 Å². The molecular weight excluding hydrogens is 480 g/mol. The van der Waals surface area contributed by atoms with E-state index in [1.54, 1.807) is 31.2 Å². The normalized spacial score (nSPS) is 11.1. The fourth-order valence-corrected chi connectivity index (χ4v) is 3.98. The molecule has 1 heterocycles. The number of hydrogen-bond donors (Lipinski definition) is 3. The average molecular weight is 503 g/mol. The van der Waals surface area contributed by atoms with Crippen LogP contribution in [0.1, 0.15) is 11.3 Å². The molecule has 0 bridgehead atoms. The number of nitrogens with zero attached hydrogens (tertiary/aromatic N) is 1. The predicted octanol–water partition coefficient (Wildman–Crippen LogP) is 3.33. The molecule has 3 N–H and O–H groups in total. The molecule has 3 rings (SSSR count). The number of thiocarbonyl (C=S) groups is 1. The SMILES string of the molecule is COc1ccc(C=CC(=O)NC(=S)Nc2ccc(S(=O)(=O)Nc3cc(C)on3)cc2)cc1OC. The number of sulfonamides is 1. The molecule has 0 aliphatic rings. The van der Waals surface area contributed by atoms with E-state index < -0.39 is 15.9 Å². The molecule has 10 nitrogen and oxygen atoms in total. The van der Waals surface area contributed by atoms with E-state index in [2.05, 4.69) is 20.5 Å². The summed E-state index contributed by atoms with van der Waals surface area (Å²) in [5.74, 6) is 1.24. The van der Waals surface area contributed by atoms with Crippen LogP contribution < -0.4 is 24.8 Å². The van der Waals surface area contributed by atoms with Crippen molar-refractivity contribution in [3.63, 3.8) is 0 Å². The fourth-order valence-electron chi connectivity index (χ4n) is 2.77. The minimum absolute atomic E-state index is 0.0199. The standard InChI is InChI=1S/C22H22N4O6S2/c1-14-12-20(25-32-14)26-34(28,29)17-8-6-16(7-9-17)23-22(33)24-21(27)11-5-15-4-10-18(30-2)19(13-15)31-3/h4-13H,1-3H3,(H,25,26)(H2,23,24,27,33). The fraction of sp³-hybridized carbons (Fsp3) is 0.136. The summed E-state index contributed by atoms with van der Waals surface area (Å²) in [6, 6.07) is 12.5. The third kappa shape index (κ3) is 6.56. The van der Waals surface area contributed by atoms with Crippen molar-refractivity contribution in [2.45, 2.75) is 11.8 Å². The van der Waals surface area contributed by atoms with Crippen LogP contribution in [0.5, 0.6) is 11.5 Å². The van der Waals surface area contributed by atoms with Gasteiger partial charge in [-0.15, -0.1) is 0 Å². The van der Waals surface area contributed by atoms with Gasteiger partial charge in [0, 0.05) is 17.8 Å². The lowest BCUT2D eigenvalue weighted by molar-refractivity contribution is -0.115. The van der Waals surface area contributed by atoms with Crippen molar-refractivity contribution < 1.29 is 27.2 Å². The molecule has 3 aromatic rings. The largest absolute Gasteiger partial charge is 0.493 e. The van der Waals surface area contributed by atoms with Gasteiger partial charge < -0.3 is 19.3 Å². The molecule has 1 aromatic heterocycles. The van der Waals surface area contributed by atoms with Crippen LogP contribution in [0, 0.1) is 6.92 Å². The highest BCUT2D eigenvalue weighted by atomic mass is 32.2. The van der Waals surface area contributed by atoms with E-state index in [9.17, 15) is 13.2 Å². The van der Waals surface area contributed by atoms with E-state index >= 15 is 0 Å². The first-order valence-electron chi connectivity index (χ1n) is 9.78. The zero-order valence-electron chi connectivity index (χ0n) is 18.5. The minimum Gasteiger partial charge on any atom is -0.493 e. The van der Waals surface area contributed by atoms with Crippen LogP contribution in [0.2, 0.25) is 0 Å². The van der Waals surface area contributed by atoms with Crippen molar-refractivity contribution in [2.75, 3.05) is 24.3 Å². The van der Waals surface area contributed by atoms with E-state index in [-0.39, 0.29) is 15.8 Å². The van der Waals surface area contributed by atoms with Gasteiger partial charge in [0.05, 0.1) is 19.1 Å². The molecule has 0 saturated carbocycles. The number of methoxy groups -OCH3 is 2. The number of amides is 1. The van der Waals surface area contributed by atoms with Crippen molar-refractivity contribution in [3.8, 4) is 11.5 Å². The molecule has 0 unspecified atom stereocenters. The van der Waals surface area contributed by atoms with E-state index in [1.807, 2.05) is 0 Å². The number of benzene rings is 2. The molecule has 0 aliphatic carbocycles. The molecule has 1 amide bonds. The van der Waals surface area contributed by atoms with Gasteiger partial charge in [-0.25, -0.2) is 8.42 Å². The van der Waals surface area contributed by atoms with E-state index in [0.717, 1.165) is 5.56 Å². The van der Waals surface area contributed by atoms with Gasteiger partial charge in [-0.3, -0.25) is 14.8 Å².